The maximum Gasteiger partial charge on any atom is 0.306 e. The molecular formula is C33H55N5O6. The number of carboxylic acid groups (broad SMARTS) is 1. The highest BCUT2D eigenvalue weighted by atomic mass is 16.5. The molecule has 0 saturated heterocycles. The normalized spacial score (nSPS) is 15.4. The number of aliphatic carboxylic acids is 1. The van der Waals surface area contributed by atoms with E-state index >= 15 is 0 Å². The summed E-state index contributed by atoms with van der Waals surface area (Å²) < 4.78 is 7.24. The molecule has 0 unspecified atom stereocenters. The number of amides is 2. The molecule has 0 bridgehead atoms. The minimum absolute atomic E-state index is 0.00381. The molecule has 0 aliphatic heterocycles. The molecule has 11 nitrogen and oxygen atoms in total. The number of carbonyl (C=O) groups excluding carboxylic acids is 2. The van der Waals surface area contributed by atoms with Crippen molar-refractivity contribution in [1.29, 1.82) is 0 Å². The molecule has 2 amide bonds. The Hall–Kier alpha value is -3.02. The van der Waals surface area contributed by atoms with Crippen molar-refractivity contribution in [2.75, 3.05) is 20.3 Å². The molecule has 0 radical (unpaired) electrons. The van der Waals surface area contributed by atoms with E-state index in [2.05, 4.69) is 42.7 Å². The molecule has 0 aliphatic carbocycles. The third kappa shape index (κ3) is 10.6. The molecular weight excluding hydrogens is 562 g/mol. The van der Waals surface area contributed by atoms with Gasteiger partial charge in [0.1, 0.15) is 6.04 Å². The van der Waals surface area contributed by atoms with Crippen molar-refractivity contribution in [3.05, 3.63) is 29.5 Å². The number of ether oxygens (including phenoxy) is 1. The molecule has 1 aromatic carbocycles. The zero-order valence-electron chi connectivity index (χ0n) is 27.8. The highest BCUT2D eigenvalue weighted by Crippen LogP contribution is 2.29. The number of carboxylic acids is 1. The molecule has 1 aromatic heterocycles. The average Bonchev–Trinajstić information content (AvgIpc) is 3.27. The Morgan fingerprint density at radius 3 is 2.25 bits per heavy atom. The molecule has 2 aromatic rings. The minimum Gasteiger partial charge on any atom is -0.481 e. The number of fused-ring (bicyclic) bond motifs is 1. The quantitative estimate of drug-likeness (QED) is 0.150. The number of rotatable bonds is 19. The fraction of sp³-hybridized carbons (Fsp3) is 0.697. The maximum atomic E-state index is 13.5. The van der Waals surface area contributed by atoms with Crippen LogP contribution < -0.4 is 16.4 Å². The SMILES string of the molecule is COCCCn1nc(C)c2ccc(C[C@@H](C[C@H](NC(=O)[C@@H](NC(=O)CN)C(C)C)[C@@H](O)C[C@H](C(=O)O)C(C)C)C(C)C)cc21. The van der Waals surface area contributed by atoms with E-state index in [1.165, 1.54) is 0 Å². The summed E-state index contributed by atoms with van der Waals surface area (Å²) in [6.45, 7) is 14.6. The Bertz CT molecular complexity index is 1230. The number of aryl methyl sites for hydroxylation is 2. The summed E-state index contributed by atoms with van der Waals surface area (Å²) in [6, 6.07) is 4.79. The predicted octanol–water partition coefficient (Wildman–Crippen LogP) is 3.28. The minimum atomic E-state index is -1.10. The molecule has 0 aliphatic rings. The van der Waals surface area contributed by atoms with Crippen molar-refractivity contribution < 1.29 is 29.3 Å². The van der Waals surface area contributed by atoms with Gasteiger partial charge in [-0.3, -0.25) is 19.1 Å². The number of nitrogens with one attached hydrogen (secondary N) is 2. The zero-order chi connectivity index (χ0) is 33.1. The summed E-state index contributed by atoms with van der Waals surface area (Å²) in [5.41, 5.74) is 8.62. The van der Waals surface area contributed by atoms with Gasteiger partial charge in [-0.25, -0.2) is 0 Å². The Morgan fingerprint density at radius 1 is 1.02 bits per heavy atom. The lowest BCUT2D eigenvalue weighted by Crippen LogP contribution is -2.56. The van der Waals surface area contributed by atoms with Gasteiger partial charge in [0.05, 0.1) is 35.8 Å². The standard InChI is InChI=1S/C33H55N5O6/c1-19(2)24(14-23-10-11-25-22(7)37-38(28(25)15-23)12-9-13-44-8)16-27(29(39)17-26(20(3)4)33(42)43)35-32(41)31(21(5)6)36-30(40)18-34/h10-11,15,19-21,24,26-27,29,31,39H,9,12-14,16-18,34H2,1-8H3,(H,35,41)(H,36,40)(H,42,43)/t24-,26-,27-,29-,31-/m0/s1. The topological polar surface area (TPSA) is 169 Å². The van der Waals surface area contributed by atoms with E-state index < -0.39 is 41.9 Å². The summed E-state index contributed by atoms with van der Waals surface area (Å²) in [5.74, 6) is -2.81. The number of nitrogens with two attached hydrogens (primary N) is 1. The third-order valence-corrected chi connectivity index (χ3v) is 8.58. The largest absolute Gasteiger partial charge is 0.481 e. The van der Waals surface area contributed by atoms with Gasteiger partial charge in [-0.1, -0.05) is 53.7 Å². The molecule has 44 heavy (non-hydrogen) atoms. The smallest absolute Gasteiger partial charge is 0.306 e. The van der Waals surface area contributed by atoms with E-state index in [4.69, 9.17) is 15.6 Å². The first kappa shape index (κ1) is 37.2. The van der Waals surface area contributed by atoms with Crippen LogP contribution in [0.3, 0.4) is 0 Å². The highest BCUT2D eigenvalue weighted by Gasteiger charge is 2.34. The maximum absolute atomic E-state index is 13.5. The number of hydrogen-bond donors (Lipinski definition) is 5. The second-order valence-electron chi connectivity index (χ2n) is 13.1. The van der Waals surface area contributed by atoms with Crippen LogP contribution in [-0.2, 0) is 32.1 Å². The lowest BCUT2D eigenvalue weighted by atomic mass is 9.80. The van der Waals surface area contributed by atoms with E-state index in [0.29, 0.717) is 19.4 Å². The van der Waals surface area contributed by atoms with E-state index in [1.54, 1.807) is 7.11 Å². The predicted molar refractivity (Wildman–Crippen MR) is 172 cm³/mol. The van der Waals surface area contributed by atoms with Gasteiger partial charge in [0.25, 0.3) is 0 Å². The summed E-state index contributed by atoms with van der Waals surface area (Å²) >= 11 is 0. The lowest BCUT2D eigenvalue weighted by Gasteiger charge is -2.33. The van der Waals surface area contributed by atoms with Gasteiger partial charge in [0.2, 0.25) is 11.8 Å². The van der Waals surface area contributed by atoms with E-state index in [-0.39, 0.29) is 36.6 Å². The van der Waals surface area contributed by atoms with Crippen LogP contribution in [0.25, 0.3) is 10.9 Å². The van der Waals surface area contributed by atoms with Gasteiger partial charge in [0.15, 0.2) is 0 Å². The summed E-state index contributed by atoms with van der Waals surface area (Å²) in [7, 11) is 1.69. The van der Waals surface area contributed by atoms with Crippen LogP contribution in [-0.4, -0.2) is 76.2 Å². The summed E-state index contributed by atoms with van der Waals surface area (Å²) in [4.78, 5) is 37.6. The zero-order valence-corrected chi connectivity index (χ0v) is 27.8. The Balaban J connectivity index is 2.39. The van der Waals surface area contributed by atoms with Crippen LogP contribution in [0.2, 0.25) is 0 Å². The second kappa shape index (κ2) is 17.5. The third-order valence-electron chi connectivity index (χ3n) is 8.58. The number of aliphatic hydroxyl groups excluding tert-OH is 1. The molecule has 0 fully saturated rings. The Kier molecular flexibility index (Phi) is 14.8. The molecule has 0 spiro atoms. The van der Waals surface area contributed by atoms with Crippen molar-refractivity contribution in [3.63, 3.8) is 0 Å². The van der Waals surface area contributed by atoms with Gasteiger partial charge in [0, 0.05) is 25.6 Å². The van der Waals surface area contributed by atoms with Crippen molar-refractivity contribution in [3.8, 4) is 0 Å². The fourth-order valence-corrected chi connectivity index (χ4v) is 5.70. The average molecular weight is 618 g/mol. The molecule has 1 heterocycles. The van der Waals surface area contributed by atoms with Crippen LogP contribution in [0.15, 0.2) is 18.2 Å². The van der Waals surface area contributed by atoms with Gasteiger partial charge < -0.3 is 31.3 Å². The van der Waals surface area contributed by atoms with E-state index in [1.807, 2.05) is 39.3 Å². The van der Waals surface area contributed by atoms with Gasteiger partial charge in [-0.05, 0) is 67.9 Å². The lowest BCUT2D eigenvalue weighted by molar-refractivity contribution is -0.144. The number of aliphatic hydroxyl groups is 1. The second-order valence-corrected chi connectivity index (χ2v) is 13.1. The van der Waals surface area contributed by atoms with Crippen LogP contribution >= 0.6 is 0 Å². The van der Waals surface area contributed by atoms with Gasteiger partial charge in [-0.15, -0.1) is 0 Å². The summed E-state index contributed by atoms with van der Waals surface area (Å²) in [6.07, 6.45) is 0.861. The van der Waals surface area contributed by atoms with Gasteiger partial charge >= 0.3 is 5.97 Å². The molecule has 2 rings (SSSR count). The van der Waals surface area contributed by atoms with Crippen molar-refractivity contribution in [1.82, 2.24) is 20.4 Å². The molecule has 6 N–H and O–H groups in total. The van der Waals surface area contributed by atoms with E-state index in [9.17, 15) is 24.6 Å². The van der Waals surface area contributed by atoms with Crippen LogP contribution in [0.5, 0.6) is 0 Å². The summed E-state index contributed by atoms with van der Waals surface area (Å²) in [5, 5.41) is 32.8. The first-order valence-corrected chi connectivity index (χ1v) is 15.9. The number of methoxy groups -OCH3 is 1. The molecule has 11 heteroatoms. The van der Waals surface area contributed by atoms with Crippen LogP contribution in [0.1, 0.15) is 72.1 Å². The highest BCUT2D eigenvalue weighted by molar-refractivity contribution is 5.88. The first-order chi connectivity index (χ1) is 20.7. The van der Waals surface area contributed by atoms with Crippen molar-refractivity contribution in [2.24, 2.45) is 35.3 Å². The number of aromatic nitrogens is 2. The number of carbonyl (C=O) groups is 3. The number of nitrogens with zero attached hydrogens (tertiary/aromatic N) is 2. The van der Waals surface area contributed by atoms with E-state index in [0.717, 1.165) is 35.1 Å². The molecule has 248 valence electrons. The van der Waals surface area contributed by atoms with Crippen LogP contribution in [0, 0.1) is 36.5 Å². The van der Waals surface area contributed by atoms with Crippen LogP contribution in [0.4, 0.5) is 0 Å². The molecule has 5 atom stereocenters. The Labute approximate surface area is 262 Å². The number of benzene rings is 1. The monoisotopic (exact) mass is 617 g/mol. The molecule has 0 saturated carbocycles. The van der Waals surface area contributed by atoms with Crippen molar-refractivity contribution >= 4 is 28.7 Å². The fourth-order valence-electron chi connectivity index (χ4n) is 5.70. The number of hydrogen-bond acceptors (Lipinski definition) is 7. The van der Waals surface area contributed by atoms with Crippen molar-refractivity contribution in [2.45, 2.75) is 98.9 Å². The Morgan fingerprint density at radius 2 is 1.70 bits per heavy atom. The first-order valence-electron chi connectivity index (χ1n) is 15.9. The van der Waals surface area contributed by atoms with Gasteiger partial charge in [-0.2, -0.15) is 5.10 Å².